The van der Waals surface area contributed by atoms with Crippen molar-refractivity contribution in [1.29, 1.82) is 0 Å². The van der Waals surface area contributed by atoms with Gasteiger partial charge in [0, 0.05) is 5.56 Å². The van der Waals surface area contributed by atoms with Crippen molar-refractivity contribution in [3.8, 4) is 5.75 Å². The van der Waals surface area contributed by atoms with E-state index < -0.39 is 6.61 Å². The van der Waals surface area contributed by atoms with Gasteiger partial charge in [-0.2, -0.15) is 13.9 Å². The van der Waals surface area contributed by atoms with Crippen LogP contribution in [0.25, 0.3) is 0 Å². The van der Waals surface area contributed by atoms with Gasteiger partial charge in [0.15, 0.2) is 0 Å². The van der Waals surface area contributed by atoms with Gasteiger partial charge in [0.25, 0.3) is 5.91 Å². The Morgan fingerprint density at radius 1 is 1.10 bits per heavy atom. The molecule has 0 aliphatic carbocycles. The van der Waals surface area contributed by atoms with Gasteiger partial charge in [0.05, 0.1) is 6.21 Å². The molecule has 0 aliphatic rings. The molecule has 108 valence electrons. The maximum atomic E-state index is 12.0. The third-order valence-corrected chi connectivity index (χ3v) is 2.52. The molecule has 0 aliphatic heterocycles. The number of halogens is 2. The number of hydrogen-bond acceptors (Lipinski definition) is 3. The smallest absolute Gasteiger partial charge is 0.387 e. The van der Waals surface area contributed by atoms with Crippen LogP contribution in [-0.4, -0.2) is 18.7 Å². The molecular weight excluding hydrogens is 278 g/mol. The normalized spacial score (nSPS) is 10.8. The van der Waals surface area contributed by atoms with Gasteiger partial charge in [-0.05, 0) is 42.0 Å². The molecule has 2 aromatic rings. The Kier molecular flexibility index (Phi) is 4.98. The number of hydrogen-bond donors (Lipinski definition) is 1. The first-order valence-electron chi connectivity index (χ1n) is 6.08. The highest BCUT2D eigenvalue weighted by atomic mass is 19.3. The summed E-state index contributed by atoms with van der Waals surface area (Å²) < 4.78 is 28.2. The third kappa shape index (κ3) is 4.68. The molecule has 0 aromatic heterocycles. The van der Waals surface area contributed by atoms with Gasteiger partial charge in [-0.1, -0.05) is 18.2 Å². The van der Waals surface area contributed by atoms with Crippen LogP contribution in [0.1, 0.15) is 15.9 Å². The van der Waals surface area contributed by atoms with Gasteiger partial charge < -0.3 is 4.74 Å². The fourth-order valence-electron chi connectivity index (χ4n) is 1.55. The SMILES string of the molecule is O=C(N/N=C\c1ccc(OC(F)F)cc1)c1ccccc1. The van der Waals surface area contributed by atoms with E-state index in [1.807, 2.05) is 6.07 Å². The van der Waals surface area contributed by atoms with E-state index in [4.69, 9.17) is 0 Å². The van der Waals surface area contributed by atoms with Crippen molar-refractivity contribution in [1.82, 2.24) is 5.43 Å². The molecule has 0 saturated carbocycles. The van der Waals surface area contributed by atoms with E-state index in [0.717, 1.165) is 0 Å². The quantitative estimate of drug-likeness (QED) is 0.679. The molecule has 0 spiro atoms. The van der Waals surface area contributed by atoms with Crippen LogP contribution >= 0.6 is 0 Å². The zero-order valence-electron chi connectivity index (χ0n) is 10.9. The summed E-state index contributed by atoms with van der Waals surface area (Å²) in [4.78, 5) is 11.7. The number of carbonyl (C=O) groups is 1. The average molecular weight is 290 g/mol. The monoisotopic (exact) mass is 290 g/mol. The van der Waals surface area contributed by atoms with Crippen molar-refractivity contribution < 1.29 is 18.3 Å². The maximum Gasteiger partial charge on any atom is 0.387 e. The first-order valence-corrected chi connectivity index (χ1v) is 6.08. The predicted molar refractivity (Wildman–Crippen MR) is 74.6 cm³/mol. The predicted octanol–water partition coefficient (Wildman–Crippen LogP) is 3.05. The minimum atomic E-state index is -2.85. The zero-order valence-corrected chi connectivity index (χ0v) is 10.9. The molecule has 6 heteroatoms. The van der Waals surface area contributed by atoms with Gasteiger partial charge >= 0.3 is 6.61 Å². The van der Waals surface area contributed by atoms with Crippen LogP contribution in [0.2, 0.25) is 0 Å². The van der Waals surface area contributed by atoms with Crippen molar-refractivity contribution in [3.05, 3.63) is 65.7 Å². The summed E-state index contributed by atoms with van der Waals surface area (Å²) in [5.74, 6) is -0.264. The third-order valence-electron chi connectivity index (χ3n) is 2.52. The molecule has 2 aromatic carbocycles. The number of hydrazone groups is 1. The summed E-state index contributed by atoms with van der Waals surface area (Å²) in [5.41, 5.74) is 3.51. The Morgan fingerprint density at radius 2 is 1.76 bits per heavy atom. The Bertz CT molecular complexity index is 613. The van der Waals surface area contributed by atoms with Crippen LogP contribution in [0.3, 0.4) is 0 Å². The lowest BCUT2D eigenvalue weighted by molar-refractivity contribution is -0.0498. The Labute approximate surface area is 120 Å². The summed E-state index contributed by atoms with van der Waals surface area (Å²) in [5, 5.41) is 3.80. The molecule has 0 radical (unpaired) electrons. The molecular formula is C15H12F2N2O2. The first kappa shape index (κ1) is 14.6. The number of rotatable bonds is 5. The highest BCUT2D eigenvalue weighted by Gasteiger charge is 2.03. The molecule has 0 saturated heterocycles. The minimum absolute atomic E-state index is 0.0653. The van der Waals surface area contributed by atoms with Gasteiger partial charge in [0.1, 0.15) is 5.75 Å². The highest BCUT2D eigenvalue weighted by Crippen LogP contribution is 2.13. The summed E-state index contributed by atoms with van der Waals surface area (Å²) in [6.07, 6.45) is 1.41. The molecule has 0 fully saturated rings. The molecule has 0 atom stereocenters. The van der Waals surface area contributed by atoms with Gasteiger partial charge in [0.2, 0.25) is 0 Å². The van der Waals surface area contributed by atoms with E-state index in [1.165, 1.54) is 18.3 Å². The van der Waals surface area contributed by atoms with Crippen LogP contribution in [0.5, 0.6) is 5.75 Å². The van der Waals surface area contributed by atoms with E-state index in [2.05, 4.69) is 15.3 Å². The molecule has 2 rings (SSSR count). The lowest BCUT2D eigenvalue weighted by Gasteiger charge is -2.03. The van der Waals surface area contributed by atoms with Crippen molar-refractivity contribution in [2.45, 2.75) is 6.61 Å². The van der Waals surface area contributed by atoms with E-state index in [9.17, 15) is 13.6 Å². The van der Waals surface area contributed by atoms with E-state index >= 15 is 0 Å². The number of amides is 1. The Hall–Kier alpha value is -2.76. The fraction of sp³-hybridized carbons (Fsp3) is 0.0667. The van der Waals surface area contributed by atoms with Gasteiger partial charge in [-0.3, -0.25) is 4.79 Å². The summed E-state index contributed by atoms with van der Waals surface area (Å²) in [7, 11) is 0. The summed E-state index contributed by atoms with van der Waals surface area (Å²) >= 11 is 0. The second-order valence-electron chi connectivity index (χ2n) is 4.01. The topological polar surface area (TPSA) is 50.7 Å². The van der Waals surface area contributed by atoms with E-state index in [1.54, 1.807) is 36.4 Å². The van der Waals surface area contributed by atoms with Gasteiger partial charge in [-0.15, -0.1) is 0 Å². The number of carbonyl (C=O) groups excluding carboxylic acids is 1. The molecule has 0 unspecified atom stereocenters. The number of nitrogens with one attached hydrogen (secondary N) is 1. The second-order valence-corrected chi connectivity index (χ2v) is 4.01. The van der Waals surface area contributed by atoms with Crippen LogP contribution < -0.4 is 10.2 Å². The largest absolute Gasteiger partial charge is 0.435 e. The number of alkyl halides is 2. The van der Waals surface area contributed by atoms with Gasteiger partial charge in [-0.25, -0.2) is 5.43 Å². The summed E-state index contributed by atoms with van der Waals surface area (Å²) in [6.45, 7) is -2.85. The first-order chi connectivity index (χ1) is 10.1. The van der Waals surface area contributed by atoms with Crippen LogP contribution in [-0.2, 0) is 0 Å². The number of ether oxygens (including phenoxy) is 1. The fourth-order valence-corrected chi connectivity index (χ4v) is 1.55. The molecule has 1 amide bonds. The molecule has 1 N–H and O–H groups in total. The van der Waals surface area contributed by atoms with Crippen molar-refractivity contribution >= 4 is 12.1 Å². The molecule has 4 nitrogen and oxygen atoms in total. The standard InChI is InChI=1S/C15H12F2N2O2/c16-15(17)21-13-8-6-11(7-9-13)10-18-19-14(20)12-4-2-1-3-5-12/h1-10,15H,(H,19,20)/b18-10-. The highest BCUT2D eigenvalue weighted by molar-refractivity contribution is 5.94. The van der Waals surface area contributed by atoms with E-state index in [0.29, 0.717) is 11.1 Å². The van der Waals surface area contributed by atoms with Crippen LogP contribution in [0.4, 0.5) is 8.78 Å². The zero-order chi connectivity index (χ0) is 15.1. The van der Waals surface area contributed by atoms with E-state index in [-0.39, 0.29) is 11.7 Å². The van der Waals surface area contributed by atoms with Crippen LogP contribution in [0.15, 0.2) is 59.7 Å². The lowest BCUT2D eigenvalue weighted by Crippen LogP contribution is -2.17. The molecule has 0 bridgehead atoms. The lowest BCUT2D eigenvalue weighted by atomic mass is 10.2. The Morgan fingerprint density at radius 3 is 2.38 bits per heavy atom. The van der Waals surface area contributed by atoms with Crippen molar-refractivity contribution in [3.63, 3.8) is 0 Å². The molecule has 0 heterocycles. The minimum Gasteiger partial charge on any atom is -0.435 e. The number of benzene rings is 2. The number of nitrogens with zero attached hydrogens (tertiary/aromatic N) is 1. The molecule has 21 heavy (non-hydrogen) atoms. The van der Waals surface area contributed by atoms with Crippen molar-refractivity contribution in [2.24, 2.45) is 5.10 Å². The average Bonchev–Trinajstić information content (AvgIpc) is 2.49. The Balaban J connectivity index is 1.91. The maximum absolute atomic E-state index is 12.0. The van der Waals surface area contributed by atoms with Crippen LogP contribution in [0, 0.1) is 0 Å². The van der Waals surface area contributed by atoms with Crippen molar-refractivity contribution in [2.75, 3.05) is 0 Å². The second kappa shape index (κ2) is 7.14. The summed E-state index contributed by atoms with van der Waals surface area (Å²) in [6, 6.07) is 14.5.